The summed E-state index contributed by atoms with van der Waals surface area (Å²) in [5.41, 5.74) is 0. The van der Waals surface area contributed by atoms with Crippen LogP contribution in [0.3, 0.4) is 0 Å². The third-order valence-corrected chi connectivity index (χ3v) is 16.3. The second kappa shape index (κ2) is 58.4. The molecule has 0 rings (SSSR count). The summed E-state index contributed by atoms with van der Waals surface area (Å²) in [7, 11) is 1.26. The molecule has 9 heteroatoms. The second-order valence-electron chi connectivity index (χ2n) is 24.2. The number of quaternary nitrogens is 1. The van der Waals surface area contributed by atoms with Gasteiger partial charge < -0.3 is 28.8 Å². The van der Waals surface area contributed by atoms with Crippen molar-refractivity contribution in [2.75, 3.05) is 40.9 Å². The highest BCUT2D eigenvalue weighted by Crippen LogP contribution is 2.38. The van der Waals surface area contributed by atoms with Crippen LogP contribution in [0, 0.1) is 0 Å². The summed E-state index contributed by atoms with van der Waals surface area (Å²) in [6.45, 7) is 4.68. The summed E-state index contributed by atoms with van der Waals surface area (Å²) in [5, 5.41) is 13.9. The number of nitrogens with zero attached hydrogens (tertiary/aromatic N) is 1. The van der Waals surface area contributed by atoms with Crippen LogP contribution < -0.4 is 10.2 Å². The summed E-state index contributed by atoms with van der Waals surface area (Å²) in [6.07, 6.45) is 76.9. The van der Waals surface area contributed by atoms with Crippen LogP contribution in [0.15, 0.2) is 36.5 Å². The van der Waals surface area contributed by atoms with Crippen molar-refractivity contribution >= 4 is 13.7 Å². The maximum Gasteiger partial charge on any atom is 0.268 e. The zero-order valence-corrected chi connectivity index (χ0v) is 52.4. The number of amides is 1. The highest BCUT2D eigenvalue weighted by atomic mass is 31.2. The molecule has 0 saturated heterocycles. The molecule has 0 aliphatic rings. The Balaban J connectivity index is 4.10. The minimum Gasteiger partial charge on any atom is -0.756 e. The van der Waals surface area contributed by atoms with Gasteiger partial charge in [0.15, 0.2) is 0 Å². The van der Waals surface area contributed by atoms with Crippen LogP contribution >= 0.6 is 7.82 Å². The number of carbonyl (C=O) groups excluding carboxylic acids is 1. The average Bonchev–Trinajstić information content (AvgIpc) is 3.38. The van der Waals surface area contributed by atoms with E-state index in [9.17, 15) is 19.4 Å². The van der Waals surface area contributed by atoms with Crippen LogP contribution in [-0.4, -0.2) is 68.5 Å². The van der Waals surface area contributed by atoms with Gasteiger partial charge in [-0.15, -0.1) is 0 Å². The summed E-state index contributed by atoms with van der Waals surface area (Å²) >= 11 is 0. The molecule has 1 amide bonds. The van der Waals surface area contributed by atoms with Gasteiger partial charge in [-0.05, 0) is 57.8 Å². The average molecular weight is 1090 g/mol. The molecule has 3 atom stereocenters. The Morgan fingerprint density at radius 1 is 0.447 bits per heavy atom. The number of rotatable bonds is 62. The Bertz CT molecular complexity index is 1330. The summed E-state index contributed by atoms with van der Waals surface area (Å²) in [5.74, 6) is -0.201. The van der Waals surface area contributed by atoms with E-state index in [1.807, 2.05) is 27.2 Å². The number of phosphoric ester groups is 1. The molecular weight excluding hydrogens is 960 g/mol. The van der Waals surface area contributed by atoms with E-state index < -0.39 is 20.0 Å². The predicted octanol–water partition coefficient (Wildman–Crippen LogP) is 20.3. The van der Waals surface area contributed by atoms with Crippen molar-refractivity contribution in [3.05, 3.63) is 36.5 Å². The van der Waals surface area contributed by atoms with E-state index in [0.29, 0.717) is 17.4 Å². The van der Waals surface area contributed by atoms with E-state index in [1.54, 1.807) is 6.08 Å². The van der Waals surface area contributed by atoms with E-state index >= 15 is 0 Å². The first-order valence-electron chi connectivity index (χ1n) is 33.4. The lowest BCUT2D eigenvalue weighted by molar-refractivity contribution is -0.870. The van der Waals surface area contributed by atoms with E-state index in [-0.39, 0.29) is 19.1 Å². The highest BCUT2D eigenvalue weighted by molar-refractivity contribution is 7.45. The van der Waals surface area contributed by atoms with Gasteiger partial charge in [-0.1, -0.05) is 307 Å². The summed E-state index contributed by atoms with van der Waals surface area (Å²) < 4.78 is 23.4. The fourth-order valence-corrected chi connectivity index (χ4v) is 10.8. The Labute approximate surface area is 474 Å². The number of hydrogen-bond donors (Lipinski definition) is 2. The largest absolute Gasteiger partial charge is 0.756 e. The number of allylic oxidation sites excluding steroid dienone is 5. The Morgan fingerprint density at radius 2 is 0.737 bits per heavy atom. The van der Waals surface area contributed by atoms with Gasteiger partial charge in [0.1, 0.15) is 13.2 Å². The van der Waals surface area contributed by atoms with Crippen molar-refractivity contribution in [3.8, 4) is 0 Å². The first kappa shape index (κ1) is 74.7. The number of phosphoric acid groups is 1. The Morgan fingerprint density at radius 3 is 1.07 bits per heavy atom. The third-order valence-electron chi connectivity index (χ3n) is 15.3. The lowest BCUT2D eigenvalue weighted by Crippen LogP contribution is -2.45. The quantitative estimate of drug-likeness (QED) is 0.0272. The molecule has 0 spiro atoms. The molecule has 3 unspecified atom stereocenters. The number of carbonyl (C=O) groups is 1. The van der Waals surface area contributed by atoms with Crippen LogP contribution in [0.25, 0.3) is 0 Å². The molecule has 0 aliphatic heterocycles. The van der Waals surface area contributed by atoms with Crippen molar-refractivity contribution in [2.45, 2.75) is 347 Å². The van der Waals surface area contributed by atoms with Crippen molar-refractivity contribution in [1.29, 1.82) is 0 Å². The molecule has 0 aromatic rings. The van der Waals surface area contributed by atoms with Crippen LogP contribution in [0.2, 0.25) is 0 Å². The molecule has 0 radical (unpaired) electrons. The van der Waals surface area contributed by atoms with Crippen LogP contribution in [0.4, 0.5) is 0 Å². The van der Waals surface area contributed by atoms with Gasteiger partial charge in [0, 0.05) is 6.42 Å². The van der Waals surface area contributed by atoms with Gasteiger partial charge in [0.25, 0.3) is 7.82 Å². The van der Waals surface area contributed by atoms with Gasteiger partial charge in [0.2, 0.25) is 5.91 Å². The standard InChI is InChI=1S/C67H131N2O6P/c1-6-8-10-12-14-16-18-20-22-24-26-28-30-31-32-33-34-35-36-37-39-41-43-45-47-49-51-53-55-57-59-61-67(71)68-65(64-75-76(72,73)74-63-62-69(3,4)5)66(70)60-58-56-54-52-50-48-46-44-42-40-38-29-27-25-23-21-19-17-15-13-11-9-7-2/h31-32,50,52,58,60,65-66,70H,6-30,33-49,51,53-57,59,61-64H2,1-5H3,(H-,68,71,72,73)/b32-31-,52-50+,60-58+. The third kappa shape index (κ3) is 60.4. The molecule has 0 aliphatic carbocycles. The lowest BCUT2D eigenvalue weighted by Gasteiger charge is -2.29. The minimum atomic E-state index is -4.61. The van der Waals surface area contributed by atoms with E-state index in [2.05, 4.69) is 43.5 Å². The van der Waals surface area contributed by atoms with Gasteiger partial charge >= 0.3 is 0 Å². The van der Waals surface area contributed by atoms with Gasteiger partial charge in [-0.25, -0.2) is 0 Å². The van der Waals surface area contributed by atoms with Crippen molar-refractivity contribution in [3.63, 3.8) is 0 Å². The van der Waals surface area contributed by atoms with E-state index in [0.717, 1.165) is 38.5 Å². The minimum absolute atomic E-state index is 0.00491. The summed E-state index contributed by atoms with van der Waals surface area (Å²) in [4.78, 5) is 25.6. The first-order chi connectivity index (χ1) is 37.0. The number of hydrogen-bond acceptors (Lipinski definition) is 6. The molecule has 76 heavy (non-hydrogen) atoms. The van der Waals surface area contributed by atoms with Crippen LogP contribution in [-0.2, 0) is 18.4 Å². The molecule has 0 fully saturated rings. The molecular formula is C67H131N2O6P. The first-order valence-corrected chi connectivity index (χ1v) is 34.8. The highest BCUT2D eigenvalue weighted by Gasteiger charge is 2.23. The van der Waals surface area contributed by atoms with Crippen molar-refractivity contribution < 1.29 is 32.9 Å². The maximum absolute atomic E-state index is 13.0. The molecule has 0 saturated carbocycles. The zero-order chi connectivity index (χ0) is 55.6. The maximum atomic E-state index is 13.0. The van der Waals surface area contributed by atoms with Crippen molar-refractivity contribution in [2.24, 2.45) is 0 Å². The molecule has 450 valence electrons. The lowest BCUT2D eigenvalue weighted by atomic mass is 10.0. The normalized spacial score (nSPS) is 13.9. The molecule has 0 bridgehead atoms. The fraction of sp³-hybridized carbons (Fsp3) is 0.896. The van der Waals surface area contributed by atoms with Crippen LogP contribution in [0.5, 0.6) is 0 Å². The number of nitrogens with one attached hydrogen (secondary N) is 1. The monoisotopic (exact) mass is 1090 g/mol. The molecule has 0 aromatic carbocycles. The predicted molar refractivity (Wildman–Crippen MR) is 330 cm³/mol. The molecule has 8 nitrogen and oxygen atoms in total. The Hall–Kier alpha value is -1.28. The SMILES string of the molecule is CCCCCCCCCCCCCC/C=C\CCCCCCCCCCCCCCCCCC(=O)NC(COP(=O)([O-])OCC[N+](C)(C)C)C(O)/C=C/CC/C=C/CCCCCCCCCCCCCCCCCCC. The smallest absolute Gasteiger partial charge is 0.268 e. The molecule has 0 heterocycles. The number of aliphatic hydroxyl groups excluding tert-OH is 1. The second-order valence-corrected chi connectivity index (χ2v) is 25.6. The summed E-state index contributed by atoms with van der Waals surface area (Å²) in [6, 6.07) is -0.903. The molecule has 0 aromatic heterocycles. The van der Waals surface area contributed by atoms with Gasteiger partial charge in [0.05, 0.1) is 39.9 Å². The number of likely N-dealkylation sites (N-methyl/N-ethyl adjacent to an activating group) is 1. The topological polar surface area (TPSA) is 108 Å². The van der Waals surface area contributed by atoms with E-state index in [1.165, 1.54) is 276 Å². The fourth-order valence-electron chi connectivity index (χ4n) is 10.1. The van der Waals surface area contributed by atoms with Gasteiger partial charge in [-0.2, -0.15) is 0 Å². The van der Waals surface area contributed by atoms with Gasteiger partial charge in [-0.3, -0.25) is 9.36 Å². The number of unbranched alkanes of at least 4 members (excludes halogenated alkanes) is 45. The van der Waals surface area contributed by atoms with Crippen molar-refractivity contribution in [1.82, 2.24) is 5.32 Å². The number of aliphatic hydroxyl groups is 1. The zero-order valence-electron chi connectivity index (χ0n) is 51.5. The van der Waals surface area contributed by atoms with Crippen LogP contribution in [0.1, 0.15) is 335 Å². The van der Waals surface area contributed by atoms with E-state index in [4.69, 9.17) is 9.05 Å². The molecule has 2 N–H and O–H groups in total. The Kier molecular flexibility index (Phi) is 57.4.